The zero-order valence-corrected chi connectivity index (χ0v) is 11.1. The zero-order chi connectivity index (χ0) is 13.0. The molecule has 0 saturated heterocycles. The predicted molar refractivity (Wildman–Crippen MR) is 71.3 cm³/mol. The Morgan fingerprint density at radius 2 is 2.06 bits per heavy atom. The lowest BCUT2D eigenvalue weighted by Gasteiger charge is -2.18. The number of rotatable bonds is 6. The van der Waals surface area contributed by atoms with Crippen molar-refractivity contribution in [3.05, 3.63) is 35.4 Å². The van der Waals surface area contributed by atoms with Crippen LogP contribution in [0.2, 0.25) is 0 Å². The maximum absolute atomic E-state index is 11.6. The van der Waals surface area contributed by atoms with E-state index in [2.05, 4.69) is 36.5 Å². The van der Waals surface area contributed by atoms with E-state index in [0.717, 1.165) is 0 Å². The molecule has 0 heterocycles. The Labute approximate surface area is 109 Å². The van der Waals surface area contributed by atoms with Crippen molar-refractivity contribution in [2.45, 2.75) is 45.2 Å². The Bertz CT molecular complexity index is 395. The Balaban J connectivity index is 2.03. The first-order chi connectivity index (χ1) is 8.69. The molecule has 1 atom stereocenters. The van der Waals surface area contributed by atoms with Crippen LogP contribution in [-0.4, -0.2) is 18.6 Å². The van der Waals surface area contributed by atoms with Gasteiger partial charge in [-0.15, -0.1) is 0 Å². The maximum Gasteiger partial charge on any atom is 0.307 e. The fraction of sp³-hybridized carbons (Fsp3) is 0.533. The predicted octanol–water partition coefficient (Wildman–Crippen LogP) is 2.74. The Morgan fingerprint density at radius 1 is 1.39 bits per heavy atom. The normalized spacial score (nSPS) is 16.3. The second-order valence-electron chi connectivity index (χ2n) is 4.91. The van der Waals surface area contributed by atoms with Gasteiger partial charge in [0.1, 0.15) is 0 Å². The highest BCUT2D eigenvalue weighted by atomic mass is 16.5. The average Bonchev–Trinajstić information content (AvgIpc) is 3.13. The molecule has 1 N–H and O–H groups in total. The van der Waals surface area contributed by atoms with Crippen molar-refractivity contribution in [3.8, 4) is 0 Å². The van der Waals surface area contributed by atoms with Gasteiger partial charge in [-0.05, 0) is 32.3 Å². The van der Waals surface area contributed by atoms with Crippen molar-refractivity contribution in [3.63, 3.8) is 0 Å². The smallest absolute Gasteiger partial charge is 0.307 e. The number of ether oxygens (including phenoxy) is 1. The van der Waals surface area contributed by atoms with Crippen LogP contribution in [0.15, 0.2) is 24.3 Å². The lowest BCUT2D eigenvalue weighted by atomic mass is 10.0. The quantitative estimate of drug-likeness (QED) is 0.785. The van der Waals surface area contributed by atoms with Gasteiger partial charge < -0.3 is 10.1 Å². The molecule has 0 radical (unpaired) electrons. The van der Waals surface area contributed by atoms with E-state index in [4.69, 9.17) is 4.74 Å². The third-order valence-electron chi connectivity index (χ3n) is 3.17. The van der Waals surface area contributed by atoms with Crippen molar-refractivity contribution < 1.29 is 9.53 Å². The summed E-state index contributed by atoms with van der Waals surface area (Å²) < 4.78 is 5.04. The minimum Gasteiger partial charge on any atom is -0.466 e. The molecule has 18 heavy (non-hydrogen) atoms. The molecule has 1 aromatic carbocycles. The summed E-state index contributed by atoms with van der Waals surface area (Å²) in [6.07, 6.45) is 2.84. The molecule has 0 amide bonds. The van der Waals surface area contributed by atoms with Crippen LogP contribution in [-0.2, 0) is 9.53 Å². The first kappa shape index (κ1) is 13.1. The summed E-state index contributed by atoms with van der Waals surface area (Å²) in [5.41, 5.74) is 2.40. The maximum atomic E-state index is 11.6. The number of nitrogens with one attached hydrogen (secondary N) is 1. The van der Waals surface area contributed by atoms with Crippen LogP contribution in [0, 0.1) is 6.92 Å². The molecule has 1 unspecified atom stereocenters. The van der Waals surface area contributed by atoms with Gasteiger partial charge in [-0.2, -0.15) is 0 Å². The van der Waals surface area contributed by atoms with Crippen LogP contribution in [0.3, 0.4) is 0 Å². The number of hydrogen-bond donors (Lipinski definition) is 1. The lowest BCUT2D eigenvalue weighted by molar-refractivity contribution is -0.143. The average molecular weight is 247 g/mol. The van der Waals surface area contributed by atoms with Crippen LogP contribution in [0.4, 0.5) is 0 Å². The topological polar surface area (TPSA) is 38.3 Å². The van der Waals surface area contributed by atoms with Gasteiger partial charge in [-0.25, -0.2) is 0 Å². The minimum atomic E-state index is -0.128. The first-order valence-electron chi connectivity index (χ1n) is 6.67. The molecule has 1 saturated carbocycles. The van der Waals surface area contributed by atoms with Crippen molar-refractivity contribution in [2.75, 3.05) is 6.61 Å². The van der Waals surface area contributed by atoms with Crippen molar-refractivity contribution >= 4 is 5.97 Å². The standard InChI is InChI=1S/C15H21NO2/c1-3-18-15(17)10-14(16-13-8-9-13)12-6-4-11(2)5-7-12/h4-7,13-14,16H,3,8-10H2,1-2H3. The zero-order valence-electron chi connectivity index (χ0n) is 11.1. The van der Waals surface area contributed by atoms with E-state index < -0.39 is 0 Å². The van der Waals surface area contributed by atoms with Crippen LogP contribution in [0.1, 0.15) is 43.4 Å². The molecular formula is C15H21NO2. The lowest BCUT2D eigenvalue weighted by Crippen LogP contribution is -2.26. The molecule has 3 nitrogen and oxygen atoms in total. The summed E-state index contributed by atoms with van der Waals surface area (Å²) in [6.45, 7) is 4.36. The van der Waals surface area contributed by atoms with Gasteiger partial charge in [0.25, 0.3) is 0 Å². The van der Waals surface area contributed by atoms with E-state index in [1.54, 1.807) is 0 Å². The fourth-order valence-electron chi connectivity index (χ4n) is 1.99. The molecule has 1 aromatic rings. The summed E-state index contributed by atoms with van der Waals surface area (Å²) in [5, 5.41) is 3.52. The third-order valence-corrected chi connectivity index (χ3v) is 3.17. The van der Waals surface area contributed by atoms with E-state index in [1.807, 2.05) is 6.92 Å². The number of carbonyl (C=O) groups excluding carboxylic acids is 1. The van der Waals surface area contributed by atoms with E-state index in [-0.39, 0.29) is 12.0 Å². The second-order valence-corrected chi connectivity index (χ2v) is 4.91. The molecule has 2 rings (SSSR count). The molecule has 1 fully saturated rings. The summed E-state index contributed by atoms with van der Waals surface area (Å²) >= 11 is 0. The number of carbonyl (C=O) groups is 1. The molecule has 98 valence electrons. The summed E-state index contributed by atoms with van der Waals surface area (Å²) in [6, 6.07) is 9.01. The van der Waals surface area contributed by atoms with Gasteiger partial charge in [-0.1, -0.05) is 29.8 Å². The van der Waals surface area contributed by atoms with Crippen LogP contribution in [0.5, 0.6) is 0 Å². The molecule has 0 aromatic heterocycles. The van der Waals surface area contributed by atoms with E-state index >= 15 is 0 Å². The number of esters is 1. The molecule has 1 aliphatic rings. The van der Waals surface area contributed by atoms with E-state index in [9.17, 15) is 4.79 Å². The monoisotopic (exact) mass is 247 g/mol. The SMILES string of the molecule is CCOC(=O)CC(NC1CC1)c1ccc(C)cc1. The third kappa shape index (κ3) is 3.84. The Hall–Kier alpha value is -1.35. The van der Waals surface area contributed by atoms with Gasteiger partial charge in [-0.3, -0.25) is 4.79 Å². The molecule has 1 aliphatic carbocycles. The molecular weight excluding hydrogens is 226 g/mol. The van der Waals surface area contributed by atoms with Crippen LogP contribution < -0.4 is 5.32 Å². The fourth-order valence-corrected chi connectivity index (χ4v) is 1.99. The van der Waals surface area contributed by atoms with Crippen LogP contribution in [0.25, 0.3) is 0 Å². The van der Waals surface area contributed by atoms with Crippen molar-refractivity contribution in [1.82, 2.24) is 5.32 Å². The molecule has 3 heteroatoms. The number of benzene rings is 1. The molecule has 0 bridgehead atoms. The first-order valence-corrected chi connectivity index (χ1v) is 6.67. The summed E-state index contributed by atoms with van der Waals surface area (Å²) in [5.74, 6) is -0.128. The number of aryl methyl sites for hydroxylation is 1. The van der Waals surface area contributed by atoms with Gasteiger partial charge in [0.15, 0.2) is 0 Å². The van der Waals surface area contributed by atoms with Crippen LogP contribution >= 0.6 is 0 Å². The Kier molecular flexibility index (Phi) is 4.37. The van der Waals surface area contributed by atoms with Gasteiger partial charge >= 0.3 is 5.97 Å². The highest BCUT2D eigenvalue weighted by Gasteiger charge is 2.26. The highest BCUT2D eigenvalue weighted by Crippen LogP contribution is 2.26. The number of hydrogen-bond acceptors (Lipinski definition) is 3. The summed E-state index contributed by atoms with van der Waals surface area (Å²) in [4.78, 5) is 11.6. The highest BCUT2D eigenvalue weighted by molar-refractivity contribution is 5.70. The van der Waals surface area contributed by atoms with E-state index in [0.29, 0.717) is 19.1 Å². The van der Waals surface area contributed by atoms with Gasteiger partial charge in [0, 0.05) is 12.1 Å². The second kappa shape index (κ2) is 6.01. The Morgan fingerprint density at radius 3 is 2.61 bits per heavy atom. The van der Waals surface area contributed by atoms with Gasteiger partial charge in [0.05, 0.1) is 13.0 Å². The largest absolute Gasteiger partial charge is 0.466 e. The van der Waals surface area contributed by atoms with E-state index in [1.165, 1.54) is 24.0 Å². The minimum absolute atomic E-state index is 0.0807. The van der Waals surface area contributed by atoms with Crippen molar-refractivity contribution in [2.24, 2.45) is 0 Å². The molecule has 0 aliphatic heterocycles. The van der Waals surface area contributed by atoms with Crippen molar-refractivity contribution in [1.29, 1.82) is 0 Å². The summed E-state index contributed by atoms with van der Waals surface area (Å²) in [7, 11) is 0. The molecule has 0 spiro atoms. The van der Waals surface area contributed by atoms with Gasteiger partial charge in [0.2, 0.25) is 0 Å².